The number of fused-ring (bicyclic) bond motifs is 1. The Labute approximate surface area is 109 Å². The fourth-order valence-corrected chi connectivity index (χ4v) is 2.33. The first-order chi connectivity index (χ1) is 8.91. The third-order valence-electron chi connectivity index (χ3n) is 3.37. The lowest BCUT2D eigenvalue weighted by molar-refractivity contribution is -0.163. The minimum absolute atomic E-state index is 0.283. The third-order valence-corrected chi connectivity index (χ3v) is 3.37. The number of anilines is 1. The summed E-state index contributed by atoms with van der Waals surface area (Å²) in [7, 11) is 0. The van der Waals surface area contributed by atoms with Gasteiger partial charge in [-0.2, -0.15) is 18.4 Å². The molecule has 0 saturated heterocycles. The highest BCUT2D eigenvalue weighted by Gasteiger charge is 2.41. The van der Waals surface area contributed by atoms with Crippen LogP contribution in [0.15, 0.2) is 18.2 Å². The Bertz CT molecular complexity index is 505. The van der Waals surface area contributed by atoms with E-state index >= 15 is 0 Å². The molecule has 1 aromatic rings. The molecular formula is C13H14F3N3. The Kier molecular flexibility index (Phi) is 3.67. The number of hydrogen-bond donors (Lipinski definition) is 1. The van der Waals surface area contributed by atoms with Crippen LogP contribution >= 0.6 is 0 Å². The second-order valence-electron chi connectivity index (χ2n) is 4.69. The quantitative estimate of drug-likeness (QED) is 0.838. The lowest BCUT2D eigenvalue weighted by Gasteiger charge is -2.31. The van der Waals surface area contributed by atoms with Crippen LogP contribution in [-0.4, -0.2) is 24.2 Å². The van der Waals surface area contributed by atoms with Crippen molar-refractivity contribution >= 4 is 5.69 Å². The number of hydrogen-bond acceptors (Lipinski definition) is 3. The summed E-state index contributed by atoms with van der Waals surface area (Å²) in [6.07, 6.45) is -3.84. The first-order valence-corrected chi connectivity index (χ1v) is 5.96. The predicted octanol–water partition coefficient (Wildman–Crippen LogP) is 2.33. The second kappa shape index (κ2) is 5.10. The highest BCUT2D eigenvalue weighted by Crippen LogP contribution is 2.29. The van der Waals surface area contributed by atoms with Crippen LogP contribution in [0, 0.1) is 17.2 Å². The van der Waals surface area contributed by atoms with E-state index in [-0.39, 0.29) is 6.54 Å². The van der Waals surface area contributed by atoms with E-state index < -0.39 is 12.1 Å². The van der Waals surface area contributed by atoms with Gasteiger partial charge >= 0.3 is 6.18 Å². The van der Waals surface area contributed by atoms with Crippen LogP contribution in [-0.2, 0) is 13.0 Å². The van der Waals surface area contributed by atoms with Crippen LogP contribution in [0.3, 0.4) is 0 Å². The van der Waals surface area contributed by atoms with Crippen molar-refractivity contribution < 1.29 is 13.2 Å². The largest absolute Gasteiger partial charge is 0.405 e. The van der Waals surface area contributed by atoms with Crippen molar-refractivity contribution in [3.63, 3.8) is 0 Å². The van der Waals surface area contributed by atoms with Crippen LogP contribution in [0.25, 0.3) is 0 Å². The summed E-state index contributed by atoms with van der Waals surface area (Å²) in [5.41, 5.74) is 8.48. The Morgan fingerprint density at radius 2 is 2.16 bits per heavy atom. The van der Waals surface area contributed by atoms with Crippen molar-refractivity contribution in [2.75, 3.05) is 18.8 Å². The van der Waals surface area contributed by atoms with Crippen molar-refractivity contribution in [2.24, 2.45) is 5.92 Å². The number of benzene rings is 1. The maximum Gasteiger partial charge on any atom is 0.405 e. The van der Waals surface area contributed by atoms with Crippen LogP contribution in [0.5, 0.6) is 0 Å². The topological polar surface area (TPSA) is 53.0 Å². The summed E-state index contributed by atoms with van der Waals surface area (Å²) in [4.78, 5) is 1.66. The molecular weight excluding hydrogens is 255 g/mol. The van der Waals surface area contributed by atoms with Gasteiger partial charge in [-0.25, -0.2) is 0 Å². The molecule has 0 aliphatic carbocycles. The highest BCUT2D eigenvalue weighted by atomic mass is 19.4. The minimum atomic E-state index is -4.47. The first-order valence-electron chi connectivity index (χ1n) is 5.96. The summed E-state index contributed by atoms with van der Waals surface area (Å²) in [6.45, 7) is 0.623. The molecule has 0 amide bonds. The van der Waals surface area contributed by atoms with Crippen LogP contribution in [0.4, 0.5) is 18.9 Å². The molecule has 1 aliphatic rings. The van der Waals surface area contributed by atoms with E-state index in [4.69, 9.17) is 11.0 Å². The van der Waals surface area contributed by atoms with Gasteiger partial charge in [0.25, 0.3) is 0 Å². The molecule has 19 heavy (non-hydrogen) atoms. The summed E-state index contributed by atoms with van der Waals surface area (Å²) in [5.74, 6) is -1.94. The standard InChI is InChI=1S/C13H14F3N3/c14-13(15,16)10(6-17)8-19-5-4-11-9(7-19)2-1-3-12(11)18/h1-3,10H,4-5,7-8,18H2. The molecule has 1 aliphatic heterocycles. The van der Waals surface area contributed by atoms with Gasteiger partial charge < -0.3 is 5.73 Å². The summed E-state index contributed by atoms with van der Waals surface area (Å²) in [6, 6.07) is 6.79. The number of halogens is 3. The molecule has 0 aromatic heterocycles. The third kappa shape index (κ3) is 2.99. The lowest BCUT2D eigenvalue weighted by atomic mass is 9.97. The SMILES string of the molecule is N#CC(CN1CCc2c(N)cccc2C1)C(F)(F)F. The molecule has 2 rings (SSSR count). The fraction of sp³-hybridized carbons (Fsp3) is 0.462. The van der Waals surface area contributed by atoms with E-state index in [1.54, 1.807) is 17.0 Å². The van der Waals surface area contributed by atoms with E-state index in [0.29, 0.717) is 25.2 Å². The molecule has 0 fully saturated rings. The van der Waals surface area contributed by atoms with Crippen molar-refractivity contribution in [2.45, 2.75) is 19.1 Å². The van der Waals surface area contributed by atoms with Crippen LogP contribution < -0.4 is 5.73 Å². The Hall–Kier alpha value is -1.74. The minimum Gasteiger partial charge on any atom is -0.398 e. The number of rotatable bonds is 2. The van der Waals surface area contributed by atoms with E-state index in [0.717, 1.165) is 11.1 Å². The lowest BCUT2D eigenvalue weighted by Crippen LogP contribution is -2.39. The maximum atomic E-state index is 12.6. The van der Waals surface area contributed by atoms with E-state index in [2.05, 4.69) is 0 Å². The summed E-state index contributed by atoms with van der Waals surface area (Å²) in [5, 5.41) is 8.62. The molecule has 1 aromatic carbocycles. The number of nitrogens with two attached hydrogens (primary N) is 1. The first kappa shape index (κ1) is 13.7. The highest BCUT2D eigenvalue weighted by molar-refractivity contribution is 5.51. The molecule has 3 nitrogen and oxygen atoms in total. The molecule has 2 N–H and O–H groups in total. The van der Waals surface area contributed by atoms with Crippen molar-refractivity contribution in [3.05, 3.63) is 29.3 Å². The smallest absolute Gasteiger partial charge is 0.398 e. The molecule has 1 unspecified atom stereocenters. The molecule has 1 heterocycles. The van der Waals surface area contributed by atoms with Crippen molar-refractivity contribution in [1.82, 2.24) is 4.90 Å². The Balaban J connectivity index is 2.09. The fourth-order valence-electron chi connectivity index (χ4n) is 2.33. The molecule has 102 valence electrons. The monoisotopic (exact) mass is 269 g/mol. The van der Waals surface area contributed by atoms with E-state index in [1.807, 2.05) is 6.07 Å². The van der Waals surface area contributed by atoms with Gasteiger partial charge in [0.05, 0.1) is 6.07 Å². The maximum absolute atomic E-state index is 12.6. The normalized spacial score (nSPS) is 17.6. The second-order valence-corrected chi connectivity index (χ2v) is 4.69. The van der Waals surface area contributed by atoms with Gasteiger partial charge in [-0.3, -0.25) is 4.90 Å². The van der Waals surface area contributed by atoms with Crippen LogP contribution in [0.1, 0.15) is 11.1 Å². The number of nitrogens with zero attached hydrogens (tertiary/aromatic N) is 2. The van der Waals surface area contributed by atoms with Gasteiger partial charge in [-0.15, -0.1) is 0 Å². The molecule has 6 heteroatoms. The van der Waals surface area contributed by atoms with Crippen LogP contribution in [0.2, 0.25) is 0 Å². The average molecular weight is 269 g/mol. The van der Waals surface area contributed by atoms with Gasteiger partial charge in [0.2, 0.25) is 0 Å². The van der Waals surface area contributed by atoms with E-state index in [9.17, 15) is 13.2 Å². The van der Waals surface area contributed by atoms with Gasteiger partial charge in [0, 0.05) is 25.3 Å². The molecule has 0 saturated carbocycles. The Morgan fingerprint density at radius 1 is 1.42 bits per heavy atom. The van der Waals surface area contributed by atoms with Crippen molar-refractivity contribution in [3.8, 4) is 6.07 Å². The van der Waals surface area contributed by atoms with Gasteiger partial charge in [-0.1, -0.05) is 12.1 Å². The molecule has 1 atom stereocenters. The zero-order chi connectivity index (χ0) is 14.0. The predicted molar refractivity (Wildman–Crippen MR) is 65.0 cm³/mol. The number of alkyl halides is 3. The average Bonchev–Trinajstić information content (AvgIpc) is 2.34. The summed E-state index contributed by atoms with van der Waals surface area (Å²) >= 11 is 0. The number of nitriles is 1. The zero-order valence-corrected chi connectivity index (χ0v) is 10.2. The molecule has 0 radical (unpaired) electrons. The molecule has 0 spiro atoms. The van der Waals surface area contributed by atoms with Gasteiger partial charge in [0.15, 0.2) is 5.92 Å². The Morgan fingerprint density at radius 3 is 2.79 bits per heavy atom. The zero-order valence-electron chi connectivity index (χ0n) is 10.2. The van der Waals surface area contributed by atoms with E-state index in [1.165, 1.54) is 6.07 Å². The van der Waals surface area contributed by atoms with Crippen molar-refractivity contribution in [1.29, 1.82) is 5.26 Å². The van der Waals surface area contributed by atoms with Gasteiger partial charge in [-0.05, 0) is 23.6 Å². The van der Waals surface area contributed by atoms with Gasteiger partial charge in [0.1, 0.15) is 0 Å². The summed E-state index contributed by atoms with van der Waals surface area (Å²) < 4.78 is 37.7. The molecule has 0 bridgehead atoms. The number of nitrogen functional groups attached to an aromatic ring is 1.